The lowest BCUT2D eigenvalue weighted by molar-refractivity contribution is 0.0959. The molecule has 1 aliphatic carbocycles. The maximum Gasteiger partial charge on any atom is 0.238 e. The molecule has 40 heavy (non-hydrogen) atoms. The standard InChI is InChI=1S/C30H36N8O2/c1-30(2,3)28-35-27(36-40-28)26(39)16-20-8-6-5-7-19-15-21(9-10-22(19)20)23-11-12-31-29(33-23)34-24-17-32-38-14-13-37(4)18-25(24)38/h9-12,15,17,20H,5-8,13-14,16,18H2,1-4H3,(H,31,33,34). The number of hydrogen-bond donors (Lipinski definition) is 1. The van der Waals surface area contributed by atoms with Gasteiger partial charge in [0.05, 0.1) is 29.8 Å². The number of anilines is 2. The first-order valence-electron chi connectivity index (χ1n) is 14.1. The second kappa shape index (κ2) is 10.6. The van der Waals surface area contributed by atoms with E-state index in [1.165, 1.54) is 11.1 Å². The lowest BCUT2D eigenvalue weighted by Crippen LogP contribution is -2.30. The Balaban J connectivity index is 1.21. The van der Waals surface area contributed by atoms with E-state index < -0.39 is 0 Å². The largest absolute Gasteiger partial charge is 0.338 e. The van der Waals surface area contributed by atoms with Crippen molar-refractivity contribution in [2.24, 2.45) is 0 Å². The van der Waals surface area contributed by atoms with Gasteiger partial charge < -0.3 is 9.84 Å². The molecule has 1 unspecified atom stereocenters. The van der Waals surface area contributed by atoms with Crippen molar-refractivity contribution < 1.29 is 9.32 Å². The lowest BCUT2D eigenvalue weighted by Gasteiger charge is -2.24. The predicted molar refractivity (Wildman–Crippen MR) is 152 cm³/mol. The third-order valence-electron chi connectivity index (χ3n) is 7.84. The molecule has 208 valence electrons. The number of carbonyl (C=O) groups is 1. The smallest absolute Gasteiger partial charge is 0.238 e. The monoisotopic (exact) mass is 540 g/mol. The van der Waals surface area contributed by atoms with Gasteiger partial charge in [-0.05, 0) is 55.5 Å². The third-order valence-corrected chi connectivity index (χ3v) is 7.84. The summed E-state index contributed by atoms with van der Waals surface area (Å²) in [6.45, 7) is 8.68. The number of ketones is 1. The maximum atomic E-state index is 13.1. The van der Waals surface area contributed by atoms with Crippen molar-refractivity contribution in [1.82, 2.24) is 34.8 Å². The van der Waals surface area contributed by atoms with Gasteiger partial charge in [-0.1, -0.05) is 44.5 Å². The van der Waals surface area contributed by atoms with Gasteiger partial charge in [-0.15, -0.1) is 0 Å². The minimum absolute atomic E-state index is 0.0683. The molecule has 3 aromatic heterocycles. The molecular formula is C30H36N8O2. The quantitative estimate of drug-likeness (QED) is 0.257. The number of likely N-dealkylation sites (N-methyl/N-ethyl adjacent to an activating group) is 1. The van der Waals surface area contributed by atoms with Crippen LogP contribution in [-0.2, 0) is 24.9 Å². The second-order valence-corrected chi connectivity index (χ2v) is 12.0. The van der Waals surface area contributed by atoms with E-state index in [9.17, 15) is 4.79 Å². The molecule has 0 radical (unpaired) electrons. The van der Waals surface area contributed by atoms with Crippen LogP contribution in [0, 0.1) is 0 Å². The molecule has 4 heterocycles. The minimum Gasteiger partial charge on any atom is -0.338 e. The highest BCUT2D eigenvalue weighted by Crippen LogP contribution is 2.36. The van der Waals surface area contributed by atoms with Gasteiger partial charge in [0.25, 0.3) is 0 Å². The molecule has 0 bridgehead atoms. The number of carbonyl (C=O) groups excluding carboxylic acids is 1. The molecule has 0 saturated heterocycles. The number of hydrogen-bond acceptors (Lipinski definition) is 9. The molecule has 0 fully saturated rings. The summed E-state index contributed by atoms with van der Waals surface area (Å²) in [5.74, 6) is 1.28. The topological polar surface area (TPSA) is 115 Å². The van der Waals surface area contributed by atoms with Crippen molar-refractivity contribution in [3.05, 3.63) is 65.2 Å². The molecule has 0 amide bonds. The minimum atomic E-state index is -0.289. The highest BCUT2D eigenvalue weighted by Gasteiger charge is 2.28. The van der Waals surface area contributed by atoms with Crippen LogP contribution < -0.4 is 5.32 Å². The van der Waals surface area contributed by atoms with E-state index in [4.69, 9.17) is 9.51 Å². The Morgan fingerprint density at radius 3 is 2.85 bits per heavy atom. The van der Waals surface area contributed by atoms with Crippen LogP contribution in [0.15, 0.2) is 41.2 Å². The maximum absolute atomic E-state index is 13.1. The van der Waals surface area contributed by atoms with Crippen molar-refractivity contribution in [3.63, 3.8) is 0 Å². The van der Waals surface area contributed by atoms with E-state index >= 15 is 0 Å². The molecule has 1 aliphatic heterocycles. The van der Waals surface area contributed by atoms with Crippen LogP contribution in [0.3, 0.4) is 0 Å². The zero-order valence-corrected chi connectivity index (χ0v) is 23.6. The fourth-order valence-corrected chi connectivity index (χ4v) is 5.58. The number of benzene rings is 1. The van der Waals surface area contributed by atoms with Gasteiger partial charge in [0.2, 0.25) is 23.4 Å². The van der Waals surface area contributed by atoms with Crippen LogP contribution in [0.2, 0.25) is 0 Å². The van der Waals surface area contributed by atoms with Gasteiger partial charge in [0.1, 0.15) is 0 Å². The summed E-state index contributed by atoms with van der Waals surface area (Å²) in [4.78, 5) is 29.1. The number of rotatable bonds is 6. The number of aromatic nitrogens is 6. The molecule has 1 atom stereocenters. The second-order valence-electron chi connectivity index (χ2n) is 12.0. The summed E-state index contributed by atoms with van der Waals surface area (Å²) in [5.41, 5.74) is 6.20. The molecule has 2 aliphatic rings. The van der Waals surface area contributed by atoms with E-state index in [1.807, 2.05) is 37.7 Å². The van der Waals surface area contributed by atoms with Crippen molar-refractivity contribution in [1.29, 1.82) is 0 Å². The molecule has 10 nitrogen and oxygen atoms in total. The van der Waals surface area contributed by atoms with Crippen molar-refractivity contribution >= 4 is 17.4 Å². The van der Waals surface area contributed by atoms with Crippen molar-refractivity contribution in [2.75, 3.05) is 18.9 Å². The molecule has 0 saturated carbocycles. The summed E-state index contributed by atoms with van der Waals surface area (Å²) < 4.78 is 7.41. The van der Waals surface area contributed by atoms with E-state index in [-0.39, 0.29) is 22.9 Å². The van der Waals surface area contributed by atoms with Crippen molar-refractivity contribution in [2.45, 2.75) is 77.3 Å². The Bertz CT molecular complexity index is 1530. The zero-order chi connectivity index (χ0) is 27.9. The summed E-state index contributed by atoms with van der Waals surface area (Å²) in [7, 11) is 2.12. The Labute approximate surface area is 234 Å². The first kappa shape index (κ1) is 26.3. The Morgan fingerprint density at radius 2 is 2.02 bits per heavy atom. The average molecular weight is 541 g/mol. The average Bonchev–Trinajstić information content (AvgIpc) is 3.54. The van der Waals surface area contributed by atoms with Crippen LogP contribution in [0.1, 0.15) is 85.7 Å². The first-order valence-corrected chi connectivity index (χ1v) is 14.1. The number of nitrogens with zero attached hydrogens (tertiary/aromatic N) is 7. The highest BCUT2D eigenvalue weighted by atomic mass is 16.5. The summed E-state index contributed by atoms with van der Waals surface area (Å²) in [5, 5.41) is 11.9. The van der Waals surface area contributed by atoms with E-state index in [2.05, 4.69) is 55.7 Å². The number of Topliss-reactive ketones (excluding diaryl/α,β-unsaturated/α-hetero) is 1. The number of nitrogens with one attached hydrogen (secondary N) is 1. The number of aryl methyl sites for hydroxylation is 1. The molecule has 10 heteroatoms. The van der Waals surface area contributed by atoms with E-state index in [1.54, 1.807) is 6.20 Å². The summed E-state index contributed by atoms with van der Waals surface area (Å²) >= 11 is 0. The SMILES string of the molecule is CN1CCn2ncc(Nc3nccc(-c4ccc5c(c4)CCCCC5CC(=O)c4noc(C(C)(C)C)n4)n3)c2C1. The molecule has 6 rings (SSSR count). The van der Waals surface area contributed by atoms with Crippen LogP contribution in [0.25, 0.3) is 11.3 Å². The normalized spacial score (nSPS) is 17.6. The lowest BCUT2D eigenvalue weighted by atomic mass is 9.87. The molecule has 1 aromatic carbocycles. The Kier molecular flexibility index (Phi) is 6.95. The predicted octanol–water partition coefficient (Wildman–Crippen LogP) is 5.29. The Hall–Kier alpha value is -3.92. The van der Waals surface area contributed by atoms with Gasteiger partial charge in [0, 0.05) is 36.7 Å². The molecule has 0 spiro atoms. The highest BCUT2D eigenvalue weighted by molar-refractivity contribution is 5.93. The van der Waals surface area contributed by atoms with Crippen LogP contribution in [0.5, 0.6) is 0 Å². The van der Waals surface area contributed by atoms with Gasteiger partial charge in [-0.25, -0.2) is 9.97 Å². The molecular weight excluding hydrogens is 504 g/mol. The van der Waals surface area contributed by atoms with Gasteiger partial charge >= 0.3 is 0 Å². The zero-order valence-electron chi connectivity index (χ0n) is 23.6. The number of fused-ring (bicyclic) bond motifs is 2. The molecule has 1 N–H and O–H groups in total. The fraction of sp³-hybridized carbons (Fsp3) is 0.467. The van der Waals surface area contributed by atoms with Gasteiger partial charge in [0.15, 0.2) is 0 Å². The van der Waals surface area contributed by atoms with Crippen LogP contribution in [-0.4, -0.2) is 54.2 Å². The van der Waals surface area contributed by atoms with Gasteiger partial charge in [-0.3, -0.25) is 14.4 Å². The van der Waals surface area contributed by atoms with Crippen LogP contribution in [0.4, 0.5) is 11.6 Å². The van der Waals surface area contributed by atoms with Crippen molar-refractivity contribution in [3.8, 4) is 11.3 Å². The van der Waals surface area contributed by atoms with E-state index in [0.29, 0.717) is 18.3 Å². The fourth-order valence-electron chi connectivity index (χ4n) is 5.58. The third kappa shape index (κ3) is 5.40. The summed E-state index contributed by atoms with van der Waals surface area (Å²) in [6.07, 6.45) is 8.14. The molecule has 4 aromatic rings. The van der Waals surface area contributed by atoms with E-state index in [0.717, 1.165) is 68.0 Å². The van der Waals surface area contributed by atoms with Gasteiger partial charge in [-0.2, -0.15) is 10.1 Å². The van der Waals surface area contributed by atoms with Crippen LogP contribution >= 0.6 is 0 Å². The Morgan fingerprint density at radius 1 is 1.15 bits per heavy atom. The first-order chi connectivity index (χ1) is 19.2. The summed E-state index contributed by atoms with van der Waals surface area (Å²) in [6, 6.07) is 8.45.